The fourth-order valence-corrected chi connectivity index (χ4v) is 1.92. The van der Waals surface area contributed by atoms with Gasteiger partial charge in [0.25, 0.3) is 5.91 Å². The van der Waals surface area contributed by atoms with E-state index in [-0.39, 0.29) is 18.3 Å². The molecule has 17 heavy (non-hydrogen) atoms. The number of carbonyl (C=O) groups excluding carboxylic acids is 1. The van der Waals surface area contributed by atoms with Gasteiger partial charge in [-0.25, -0.2) is 0 Å². The predicted octanol–water partition coefficient (Wildman–Crippen LogP) is 2.52. The Balaban J connectivity index is 0.00000256. The van der Waals surface area contributed by atoms with Crippen molar-refractivity contribution in [2.75, 3.05) is 20.1 Å². The summed E-state index contributed by atoms with van der Waals surface area (Å²) in [5.41, 5.74) is 1.73. The summed E-state index contributed by atoms with van der Waals surface area (Å²) >= 11 is 3.38. The summed E-state index contributed by atoms with van der Waals surface area (Å²) in [7, 11) is 1.90. The first-order valence-corrected chi connectivity index (χ1v) is 6.13. The molecule has 0 aliphatic heterocycles. The normalized spacial score (nSPS) is 9.59. The van der Waals surface area contributed by atoms with Gasteiger partial charge in [-0.05, 0) is 50.7 Å². The Morgan fingerprint density at radius 2 is 2.06 bits per heavy atom. The third-order valence-corrected chi connectivity index (χ3v) is 2.82. The summed E-state index contributed by atoms with van der Waals surface area (Å²) < 4.78 is 0.997. The van der Waals surface area contributed by atoms with Gasteiger partial charge in [-0.15, -0.1) is 12.4 Å². The van der Waals surface area contributed by atoms with Gasteiger partial charge in [0.1, 0.15) is 0 Å². The molecule has 1 aromatic rings. The molecule has 0 atom stereocenters. The van der Waals surface area contributed by atoms with Crippen molar-refractivity contribution in [2.24, 2.45) is 0 Å². The van der Waals surface area contributed by atoms with Crippen LogP contribution in [0.15, 0.2) is 22.7 Å². The zero-order chi connectivity index (χ0) is 12.0. The second-order valence-corrected chi connectivity index (χ2v) is 4.59. The fourth-order valence-electron chi connectivity index (χ4n) is 1.44. The Bertz CT molecular complexity index is 372. The number of rotatable bonds is 5. The Kier molecular flexibility index (Phi) is 8.21. The first-order chi connectivity index (χ1) is 7.65. The summed E-state index contributed by atoms with van der Waals surface area (Å²) in [6.07, 6.45) is 0.942. The minimum Gasteiger partial charge on any atom is -0.352 e. The maximum Gasteiger partial charge on any atom is 0.251 e. The molecule has 1 rings (SSSR count). The SMILES string of the molecule is CNCCCNC(=O)c1ccc(Br)cc1C.Cl. The lowest BCUT2D eigenvalue weighted by Gasteiger charge is -2.07. The number of hydrogen-bond acceptors (Lipinski definition) is 2. The van der Waals surface area contributed by atoms with Gasteiger partial charge < -0.3 is 10.6 Å². The summed E-state index contributed by atoms with van der Waals surface area (Å²) in [6.45, 7) is 3.56. The minimum absolute atomic E-state index is 0. The first kappa shape index (κ1) is 16.4. The van der Waals surface area contributed by atoms with Gasteiger partial charge in [0.15, 0.2) is 0 Å². The molecule has 0 aromatic heterocycles. The highest BCUT2D eigenvalue weighted by molar-refractivity contribution is 9.10. The predicted molar refractivity (Wildman–Crippen MR) is 77.0 cm³/mol. The number of amides is 1. The van der Waals surface area contributed by atoms with E-state index in [1.807, 2.05) is 32.2 Å². The van der Waals surface area contributed by atoms with Crippen LogP contribution in [0.2, 0.25) is 0 Å². The van der Waals surface area contributed by atoms with Crippen molar-refractivity contribution in [3.63, 3.8) is 0 Å². The monoisotopic (exact) mass is 320 g/mol. The van der Waals surface area contributed by atoms with Crippen molar-refractivity contribution >= 4 is 34.2 Å². The molecular formula is C12H18BrClN2O. The van der Waals surface area contributed by atoms with Crippen LogP contribution in [-0.4, -0.2) is 26.0 Å². The van der Waals surface area contributed by atoms with Crippen LogP contribution in [0, 0.1) is 6.92 Å². The maximum atomic E-state index is 11.8. The van der Waals surface area contributed by atoms with Gasteiger partial charge >= 0.3 is 0 Å². The molecule has 0 aliphatic carbocycles. The number of hydrogen-bond donors (Lipinski definition) is 2. The van der Waals surface area contributed by atoms with E-state index in [2.05, 4.69) is 26.6 Å². The van der Waals surface area contributed by atoms with E-state index in [1.165, 1.54) is 0 Å². The summed E-state index contributed by atoms with van der Waals surface area (Å²) in [6, 6.07) is 5.67. The standard InChI is InChI=1S/C12H17BrN2O.ClH/c1-9-8-10(13)4-5-11(9)12(16)15-7-3-6-14-2;/h4-5,8,14H,3,6-7H2,1-2H3,(H,15,16);1H. The molecule has 1 amide bonds. The molecule has 0 unspecified atom stereocenters. The number of aryl methyl sites for hydroxylation is 1. The molecule has 96 valence electrons. The van der Waals surface area contributed by atoms with Gasteiger partial charge in [-0.1, -0.05) is 15.9 Å². The van der Waals surface area contributed by atoms with Crippen molar-refractivity contribution in [1.29, 1.82) is 0 Å². The van der Waals surface area contributed by atoms with E-state index in [0.29, 0.717) is 6.54 Å². The molecule has 0 heterocycles. The molecule has 1 aromatic carbocycles. The number of benzene rings is 1. The largest absolute Gasteiger partial charge is 0.352 e. The fraction of sp³-hybridized carbons (Fsp3) is 0.417. The summed E-state index contributed by atoms with van der Waals surface area (Å²) in [5.74, 6) is 0.00102. The molecule has 2 N–H and O–H groups in total. The van der Waals surface area contributed by atoms with E-state index < -0.39 is 0 Å². The van der Waals surface area contributed by atoms with Crippen LogP contribution >= 0.6 is 28.3 Å². The molecule has 0 radical (unpaired) electrons. The Morgan fingerprint density at radius 1 is 1.35 bits per heavy atom. The van der Waals surface area contributed by atoms with Crippen LogP contribution in [0.25, 0.3) is 0 Å². The molecule has 5 heteroatoms. The summed E-state index contributed by atoms with van der Waals surface area (Å²) in [5, 5.41) is 5.94. The van der Waals surface area contributed by atoms with E-state index in [0.717, 1.165) is 28.6 Å². The van der Waals surface area contributed by atoms with Crippen molar-refractivity contribution in [3.05, 3.63) is 33.8 Å². The van der Waals surface area contributed by atoms with Gasteiger partial charge in [-0.3, -0.25) is 4.79 Å². The zero-order valence-electron chi connectivity index (χ0n) is 10.0. The topological polar surface area (TPSA) is 41.1 Å². The first-order valence-electron chi connectivity index (χ1n) is 5.34. The molecule has 3 nitrogen and oxygen atoms in total. The molecule has 0 fully saturated rings. The van der Waals surface area contributed by atoms with Crippen LogP contribution in [0.5, 0.6) is 0 Å². The van der Waals surface area contributed by atoms with Crippen molar-refractivity contribution in [1.82, 2.24) is 10.6 Å². The maximum absolute atomic E-state index is 11.8. The lowest BCUT2D eigenvalue weighted by atomic mass is 10.1. The van der Waals surface area contributed by atoms with Crippen molar-refractivity contribution < 1.29 is 4.79 Å². The van der Waals surface area contributed by atoms with E-state index in [9.17, 15) is 4.79 Å². The Hall–Kier alpha value is -0.580. The van der Waals surface area contributed by atoms with Crippen LogP contribution < -0.4 is 10.6 Å². The highest BCUT2D eigenvalue weighted by Gasteiger charge is 2.07. The Labute approximate surface area is 117 Å². The highest BCUT2D eigenvalue weighted by Crippen LogP contribution is 2.15. The second kappa shape index (κ2) is 8.50. The summed E-state index contributed by atoms with van der Waals surface area (Å²) in [4.78, 5) is 11.8. The highest BCUT2D eigenvalue weighted by atomic mass is 79.9. The lowest BCUT2D eigenvalue weighted by molar-refractivity contribution is 0.0952. The number of carbonyl (C=O) groups is 1. The molecule has 0 saturated carbocycles. The third-order valence-electron chi connectivity index (χ3n) is 2.32. The average Bonchev–Trinajstić information content (AvgIpc) is 2.24. The van der Waals surface area contributed by atoms with E-state index in [4.69, 9.17) is 0 Å². The van der Waals surface area contributed by atoms with Gasteiger partial charge in [0.2, 0.25) is 0 Å². The van der Waals surface area contributed by atoms with Crippen LogP contribution in [0.4, 0.5) is 0 Å². The van der Waals surface area contributed by atoms with Crippen LogP contribution in [0.3, 0.4) is 0 Å². The second-order valence-electron chi connectivity index (χ2n) is 3.67. The van der Waals surface area contributed by atoms with Crippen molar-refractivity contribution in [2.45, 2.75) is 13.3 Å². The Morgan fingerprint density at radius 3 is 2.65 bits per heavy atom. The molecule has 0 spiro atoms. The molecule has 0 aliphatic rings. The van der Waals surface area contributed by atoms with Crippen LogP contribution in [-0.2, 0) is 0 Å². The zero-order valence-corrected chi connectivity index (χ0v) is 12.5. The third kappa shape index (κ3) is 5.52. The average molecular weight is 322 g/mol. The smallest absolute Gasteiger partial charge is 0.251 e. The molecular weight excluding hydrogens is 304 g/mol. The van der Waals surface area contributed by atoms with Crippen molar-refractivity contribution in [3.8, 4) is 0 Å². The van der Waals surface area contributed by atoms with Crippen LogP contribution in [0.1, 0.15) is 22.3 Å². The minimum atomic E-state index is 0. The quantitative estimate of drug-likeness (QED) is 0.818. The number of nitrogens with one attached hydrogen (secondary N) is 2. The van der Waals surface area contributed by atoms with Gasteiger partial charge in [-0.2, -0.15) is 0 Å². The van der Waals surface area contributed by atoms with E-state index >= 15 is 0 Å². The van der Waals surface area contributed by atoms with Gasteiger partial charge in [0.05, 0.1) is 0 Å². The number of halogens is 2. The molecule has 0 bridgehead atoms. The van der Waals surface area contributed by atoms with E-state index in [1.54, 1.807) is 0 Å². The van der Waals surface area contributed by atoms with Gasteiger partial charge in [0, 0.05) is 16.6 Å². The molecule has 0 saturated heterocycles. The lowest BCUT2D eigenvalue weighted by Crippen LogP contribution is -2.27.